The number of sulfonamides is 1. The molecule has 0 aliphatic heterocycles. The molecule has 2 aromatic heterocycles. The fraction of sp³-hybridized carbons (Fsp3) is 0.273. The van der Waals surface area contributed by atoms with Gasteiger partial charge in [-0.25, -0.2) is 18.1 Å². The third-order valence-electron chi connectivity index (χ3n) is 2.50. The van der Waals surface area contributed by atoms with E-state index in [9.17, 15) is 8.42 Å². The largest absolute Gasteiger partial charge is 0.326 e. The third kappa shape index (κ3) is 3.60. The van der Waals surface area contributed by atoms with Crippen molar-refractivity contribution in [3.63, 3.8) is 0 Å². The minimum absolute atomic E-state index is 0.00911. The summed E-state index contributed by atoms with van der Waals surface area (Å²) in [6.07, 6.45) is 4.87. The maximum Gasteiger partial charge on any atom is 0.258 e. The zero-order chi connectivity index (χ0) is 13.7. The van der Waals surface area contributed by atoms with Crippen LogP contribution in [-0.2, 0) is 23.1 Å². The maximum atomic E-state index is 11.9. The zero-order valence-corrected chi connectivity index (χ0v) is 11.0. The molecule has 0 aromatic carbocycles. The monoisotopic (exact) mass is 281 g/mol. The molecule has 0 fully saturated rings. The molecule has 0 radical (unpaired) electrons. The molecule has 0 saturated carbocycles. The SMILES string of the molecule is NCc1ccc(S(=O)(=O)NCCn2cccn2)nc1. The van der Waals surface area contributed by atoms with Crippen LogP contribution in [0.5, 0.6) is 0 Å². The average Bonchev–Trinajstić information content (AvgIpc) is 2.92. The molecule has 0 spiro atoms. The molecule has 0 aliphatic carbocycles. The molecule has 0 aliphatic rings. The van der Waals surface area contributed by atoms with E-state index >= 15 is 0 Å². The second kappa shape index (κ2) is 5.91. The van der Waals surface area contributed by atoms with Crippen LogP contribution in [-0.4, -0.2) is 29.7 Å². The summed E-state index contributed by atoms with van der Waals surface area (Å²) >= 11 is 0. The normalized spacial score (nSPS) is 11.6. The first-order chi connectivity index (χ1) is 9.12. The number of hydrogen-bond acceptors (Lipinski definition) is 5. The number of nitrogens with zero attached hydrogens (tertiary/aromatic N) is 3. The molecule has 0 amide bonds. The van der Waals surface area contributed by atoms with Crippen molar-refractivity contribution in [2.24, 2.45) is 5.73 Å². The summed E-state index contributed by atoms with van der Waals surface area (Å²) in [6, 6.07) is 4.87. The fourth-order valence-corrected chi connectivity index (χ4v) is 2.44. The molecule has 0 bridgehead atoms. The van der Waals surface area contributed by atoms with Gasteiger partial charge in [0.1, 0.15) is 0 Å². The standard InChI is InChI=1S/C11H15N5O2S/c12-8-10-2-3-11(13-9-10)19(17,18)15-5-7-16-6-1-4-14-16/h1-4,6,9,15H,5,7-8,12H2. The highest BCUT2D eigenvalue weighted by Gasteiger charge is 2.14. The molecule has 8 heteroatoms. The Morgan fingerprint density at radius 3 is 2.79 bits per heavy atom. The van der Waals surface area contributed by atoms with Crippen LogP contribution in [0.15, 0.2) is 41.8 Å². The average molecular weight is 281 g/mol. The van der Waals surface area contributed by atoms with E-state index in [1.165, 1.54) is 12.3 Å². The van der Waals surface area contributed by atoms with E-state index in [0.29, 0.717) is 13.1 Å². The minimum atomic E-state index is -3.58. The van der Waals surface area contributed by atoms with E-state index in [0.717, 1.165) is 5.56 Å². The number of hydrogen-bond donors (Lipinski definition) is 2. The summed E-state index contributed by atoms with van der Waals surface area (Å²) in [5.41, 5.74) is 6.22. The van der Waals surface area contributed by atoms with Crippen molar-refractivity contribution in [3.05, 3.63) is 42.4 Å². The highest BCUT2D eigenvalue weighted by molar-refractivity contribution is 7.89. The molecule has 7 nitrogen and oxygen atoms in total. The summed E-state index contributed by atoms with van der Waals surface area (Å²) < 4.78 is 28.0. The Morgan fingerprint density at radius 1 is 1.37 bits per heavy atom. The molecule has 0 unspecified atom stereocenters. The number of nitrogens with two attached hydrogens (primary N) is 1. The van der Waals surface area contributed by atoms with Gasteiger partial charge in [-0.05, 0) is 17.7 Å². The molecule has 0 saturated heterocycles. The molecule has 102 valence electrons. The van der Waals surface area contributed by atoms with Gasteiger partial charge in [0.2, 0.25) is 0 Å². The summed E-state index contributed by atoms with van der Waals surface area (Å²) in [7, 11) is -3.58. The van der Waals surface area contributed by atoms with E-state index in [2.05, 4.69) is 14.8 Å². The van der Waals surface area contributed by atoms with Crippen molar-refractivity contribution in [1.29, 1.82) is 0 Å². The van der Waals surface area contributed by atoms with Gasteiger partial charge in [-0.1, -0.05) is 6.07 Å². The highest BCUT2D eigenvalue weighted by Crippen LogP contribution is 2.05. The topological polar surface area (TPSA) is 103 Å². The molecule has 2 heterocycles. The molecular formula is C11H15N5O2S. The second-order valence-corrected chi connectivity index (χ2v) is 5.59. The van der Waals surface area contributed by atoms with Crippen molar-refractivity contribution in [2.75, 3.05) is 6.54 Å². The van der Waals surface area contributed by atoms with Crippen LogP contribution in [0.4, 0.5) is 0 Å². The zero-order valence-electron chi connectivity index (χ0n) is 10.2. The van der Waals surface area contributed by atoms with Gasteiger partial charge < -0.3 is 5.73 Å². The first-order valence-electron chi connectivity index (χ1n) is 5.74. The Kier molecular flexibility index (Phi) is 4.25. The van der Waals surface area contributed by atoms with Crippen LogP contribution in [0.25, 0.3) is 0 Å². The van der Waals surface area contributed by atoms with Gasteiger partial charge in [-0.3, -0.25) is 4.68 Å². The molecule has 19 heavy (non-hydrogen) atoms. The summed E-state index contributed by atoms with van der Waals surface area (Å²) in [6.45, 7) is 1.05. The lowest BCUT2D eigenvalue weighted by atomic mass is 10.3. The molecule has 3 N–H and O–H groups in total. The Balaban J connectivity index is 1.97. The predicted molar refractivity (Wildman–Crippen MR) is 69.5 cm³/mol. The van der Waals surface area contributed by atoms with Crippen LogP contribution >= 0.6 is 0 Å². The quantitative estimate of drug-likeness (QED) is 0.757. The first-order valence-corrected chi connectivity index (χ1v) is 7.22. The minimum Gasteiger partial charge on any atom is -0.326 e. The van der Waals surface area contributed by atoms with Crippen LogP contribution in [0, 0.1) is 0 Å². The smallest absolute Gasteiger partial charge is 0.258 e. The Hall–Kier alpha value is -1.77. The van der Waals surface area contributed by atoms with Crippen molar-refractivity contribution in [3.8, 4) is 0 Å². The predicted octanol–water partition coefficient (Wildman–Crippen LogP) is -0.285. The van der Waals surface area contributed by atoms with E-state index in [-0.39, 0.29) is 11.6 Å². The number of rotatable bonds is 6. The van der Waals surface area contributed by atoms with Crippen molar-refractivity contribution in [1.82, 2.24) is 19.5 Å². The Bertz CT molecular complexity index is 607. The van der Waals surface area contributed by atoms with Crippen molar-refractivity contribution < 1.29 is 8.42 Å². The van der Waals surface area contributed by atoms with Gasteiger partial charge in [0, 0.05) is 31.7 Å². The van der Waals surface area contributed by atoms with Crippen LogP contribution in [0.2, 0.25) is 0 Å². The highest BCUT2D eigenvalue weighted by atomic mass is 32.2. The van der Waals surface area contributed by atoms with E-state index < -0.39 is 10.0 Å². The van der Waals surface area contributed by atoms with Crippen LogP contribution in [0.1, 0.15) is 5.56 Å². The van der Waals surface area contributed by atoms with Gasteiger partial charge in [0.15, 0.2) is 5.03 Å². The van der Waals surface area contributed by atoms with Crippen LogP contribution in [0.3, 0.4) is 0 Å². The van der Waals surface area contributed by atoms with E-state index in [4.69, 9.17) is 5.73 Å². The molecule has 2 rings (SSSR count). The van der Waals surface area contributed by atoms with Gasteiger partial charge in [-0.2, -0.15) is 5.10 Å². The Labute approximate surface area is 111 Å². The summed E-state index contributed by atoms with van der Waals surface area (Å²) in [4.78, 5) is 3.88. The van der Waals surface area contributed by atoms with Gasteiger partial charge in [-0.15, -0.1) is 0 Å². The number of nitrogens with one attached hydrogen (secondary N) is 1. The summed E-state index contributed by atoms with van der Waals surface area (Å²) in [5, 5.41) is 3.97. The second-order valence-electron chi connectivity index (χ2n) is 3.88. The maximum absolute atomic E-state index is 11.9. The number of pyridine rings is 1. The Morgan fingerprint density at radius 2 is 2.21 bits per heavy atom. The molecule has 2 aromatic rings. The fourth-order valence-electron chi connectivity index (χ4n) is 1.49. The summed E-state index contributed by atoms with van der Waals surface area (Å²) in [5.74, 6) is 0. The first kappa shape index (κ1) is 13.7. The van der Waals surface area contributed by atoms with E-state index in [1.54, 1.807) is 29.2 Å². The number of aromatic nitrogens is 3. The lowest BCUT2D eigenvalue weighted by Crippen LogP contribution is -2.28. The molecular weight excluding hydrogens is 266 g/mol. The van der Waals surface area contributed by atoms with Crippen molar-refractivity contribution >= 4 is 10.0 Å². The van der Waals surface area contributed by atoms with E-state index in [1.807, 2.05) is 0 Å². The van der Waals surface area contributed by atoms with Crippen molar-refractivity contribution in [2.45, 2.75) is 18.1 Å². The van der Waals surface area contributed by atoms with Gasteiger partial charge >= 0.3 is 0 Å². The third-order valence-corrected chi connectivity index (χ3v) is 3.88. The molecule has 0 atom stereocenters. The van der Waals surface area contributed by atoms with Crippen LogP contribution < -0.4 is 10.5 Å². The lowest BCUT2D eigenvalue weighted by Gasteiger charge is -2.06. The lowest BCUT2D eigenvalue weighted by molar-refractivity contribution is 0.558. The van der Waals surface area contributed by atoms with Gasteiger partial charge in [0.05, 0.1) is 6.54 Å². The van der Waals surface area contributed by atoms with Gasteiger partial charge in [0.25, 0.3) is 10.0 Å².